The number of hydrogen-bond donors (Lipinski definition) is 3. The fourth-order valence-corrected chi connectivity index (χ4v) is 4.39. The molecule has 0 aliphatic heterocycles. The van der Waals surface area contributed by atoms with Crippen LogP contribution in [0.5, 0.6) is 11.5 Å². The lowest BCUT2D eigenvalue weighted by Gasteiger charge is -2.39. The number of unbranched alkanes of at least 4 members (excludes halogenated alkanes) is 2. The number of aryl methyl sites for hydroxylation is 1. The molecule has 1 aliphatic carbocycles. The van der Waals surface area contributed by atoms with Crippen molar-refractivity contribution in [2.24, 2.45) is 5.92 Å². The van der Waals surface area contributed by atoms with E-state index in [4.69, 9.17) is 4.74 Å². The molecule has 5 nitrogen and oxygen atoms in total. The Bertz CT molecular complexity index is 742. The number of benzene rings is 1. The quantitative estimate of drug-likeness (QED) is 0.427. The van der Waals surface area contributed by atoms with Crippen molar-refractivity contribution in [1.82, 2.24) is 0 Å². The first-order valence-corrected chi connectivity index (χ1v) is 10.2. The van der Waals surface area contributed by atoms with E-state index in [1.165, 1.54) is 7.11 Å². The summed E-state index contributed by atoms with van der Waals surface area (Å²) in [4.78, 5) is 12.1. The van der Waals surface area contributed by atoms with E-state index >= 15 is 0 Å². The van der Waals surface area contributed by atoms with E-state index in [9.17, 15) is 20.1 Å². The molecule has 0 radical (unpaired) electrons. The van der Waals surface area contributed by atoms with Crippen LogP contribution < -0.4 is 4.74 Å². The van der Waals surface area contributed by atoms with Gasteiger partial charge < -0.3 is 20.1 Å². The minimum absolute atomic E-state index is 0.0403. The van der Waals surface area contributed by atoms with Crippen LogP contribution >= 0.6 is 0 Å². The highest BCUT2D eigenvalue weighted by molar-refractivity contribution is 5.94. The molecule has 156 valence electrons. The Morgan fingerprint density at radius 3 is 2.54 bits per heavy atom. The number of aromatic hydroxyl groups is 1. The van der Waals surface area contributed by atoms with Gasteiger partial charge in [-0.25, -0.2) is 4.79 Å². The topological polar surface area (TPSA) is 87.0 Å². The zero-order valence-electron chi connectivity index (χ0n) is 17.7. The van der Waals surface area contributed by atoms with Gasteiger partial charge >= 0.3 is 5.97 Å². The summed E-state index contributed by atoms with van der Waals surface area (Å²) in [5, 5.41) is 31.5. The molecule has 3 N–H and O–H groups in total. The molecule has 2 atom stereocenters. The maximum atomic E-state index is 12.1. The third-order valence-electron chi connectivity index (χ3n) is 5.84. The predicted octanol–water partition coefficient (Wildman–Crippen LogP) is 5.04. The second kappa shape index (κ2) is 8.99. The molecular weight excluding hydrogens is 356 g/mol. The second-order valence-corrected chi connectivity index (χ2v) is 8.48. The van der Waals surface area contributed by atoms with Gasteiger partial charge in [-0.05, 0) is 64.0 Å². The summed E-state index contributed by atoms with van der Waals surface area (Å²) in [7, 11) is 1.44. The van der Waals surface area contributed by atoms with E-state index in [0.717, 1.165) is 37.7 Å². The van der Waals surface area contributed by atoms with Crippen LogP contribution in [0.15, 0.2) is 17.7 Å². The molecule has 1 aromatic rings. The van der Waals surface area contributed by atoms with Crippen molar-refractivity contribution >= 4 is 5.97 Å². The van der Waals surface area contributed by atoms with Crippen LogP contribution in [0.3, 0.4) is 0 Å². The van der Waals surface area contributed by atoms with E-state index in [1.807, 2.05) is 13.0 Å². The molecule has 0 bridgehead atoms. The third kappa shape index (κ3) is 4.69. The van der Waals surface area contributed by atoms with Gasteiger partial charge in [-0.2, -0.15) is 0 Å². The molecular formula is C23H34O5. The number of carboxylic acid groups (broad SMARTS) is 1. The van der Waals surface area contributed by atoms with Crippen LogP contribution in [0.2, 0.25) is 0 Å². The number of hydrogen-bond acceptors (Lipinski definition) is 4. The molecule has 0 spiro atoms. The average Bonchev–Trinajstić information content (AvgIpc) is 2.59. The van der Waals surface area contributed by atoms with Crippen molar-refractivity contribution < 1.29 is 24.9 Å². The standard InChI is InChI=1S/C23H34O5/c1-6-7-8-9-15-13-18(24)20(21(28-5)19(15)22(25)26)16-12-14(2)10-11-17(16)23(3,4)27/h12-13,16-17,24,27H,6-11H2,1-5H3,(H,25,26). The Hall–Kier alpha value is -2.01. The lowest BCUT2D eigenvalue weighted by atomic mass is 9.69. The molecule has 0 aromatic heterocycles. The smallest absolute Gasteiger partial charge is 0.339 e. The van der Waals surface area contributed by atoms with Crippen LogP contribution in [0, 0.1) is 5.92 Å². The highest BCUT2D eigenvalue weighted by Gasteiger charge is 2.39. The van der Waals surface area contributed by atoms with Crippen LogP contribution in [0.1, 0.15) is 87.2 Å². The number of phenols is 1. The number of carboxylic acids is 1. The number of ether oxygens (including phenoxy) is 1. The van der Waals surface area contributed by atoms with Gasteiger partial charge in [-0.15, -0.1) is 0 Å². The molecule has 0 saturated carbocycles. The largest absolute Gasteiger partial charge is 0.507 e. The summed E-state index contributed by atoms with van der Waals surface area (Å²) < 4.78 is 5.56. The molecule has 1 aliphatic rings. The summed E-state index contributed by atoms with van der Waals surface area (Å²) in [6.07, 6.45) is 7.13. The minimum Gasteiger partial charge on any atom is -0.507 e. The summed E-state index contributed by atoms with van der Waals surface area (Å²) in [6.45, 7) is 7.64. The molecule has 1 aromatic carbocycles. The number of aromatic carboxylic acids is 1. The normalized spacial score (nSPS) is 20.0. The van der Waals surface area contributed by atoms with Crippen LogP contribution in [0.25, 0.3) is 0 Å². The highest BCUT2D eigenvalue weighted by Crippen LogP contribution is 2.49. The molecule has 28 heavy (non-hydrogen) atoms. The average molecular weight is 391 g/mol. The van der Waals surface area contributed by atoms with E-state index in [1.54, 1.807) is 19.9 Å². The molecule has 0 amide bonds. The van der Waals surface area contributed by atoms with E-state index < -0.39 is 11.6 Å². The Labute approximate surface area is 168 Å². The molecule has 0 fully saturated rings. The zero-order valence-corrected chi connectivity index (χ0v) is 17.7. The summed E-state index contributed by atoms with van der Waals surface area (Å²) in [6, 6.07) is 1.58. The van der Waals surface area contributed by atoms with Crippen molar-refractivity contribution in [3.8, 4) is 11.5 Å². The summed E-state index contributed by atoms with van der Waals surface area (Å²) in [5.41, 5.74) is 1.37. The van der Waals surface area contributed by atoms with E-state index in [0.29, 0.717) is 17.5 Å². The van der Waals surface area contributed by atoms with Crippen molar-refractivity contribution in [3.05, 3.63) is 34.4 Å². The number of rotatable bonds is 8. The Morgan fingerprint density at radius 2 is 2.00 bits per heavy atom. The number of phenolic OH excluding ortho intramolecular Hbond substituents is 1. The van der Waals surface area contributed by atoms with Gasteiger partial charge in [0, 0.05) is 11.5 Å². The summed E-state index contributed by atoms with van der Waals surface area (Å²) in [5.74, 6) is -1.27. The Morgan fingerprint density at radius 1 is 1.32 bits per heavy atom. The predicted molar refractivity (Wildman–Crippen MR) is 110 cm³/mol. The first-order valence-electron chi connectivity index (χ1n) is 10.2. The van der Waals surface area contributed by atoms with Crippen molar-refractivity contribution in [2.45, 2.75) is 77.7 Å². The maximum absolute atomic E-state index is 12.1. The van der Waals surface area contributed by atoms with Crippen LogP contribution in [-0.4, -0.2) is 34.0 Å². The minimum atomic E-state index is -1.05. The molecule has 5 heteroatoms. The fraction of sp³-hybridized carbons (Fsp3) is 0.609. The second-order valence-electron chi connectivity index (χ2n) is 8.48. The van der Waals surface area contributed by atoms with E-state index in [2.05, 4.69) is 6.92 Å². The number of allylic oxidation sites excluding steroid dienone is 2. The molecule has 0 saturated heterocycles. The van der Waals surface area contributed by atoms with Crippen molar-refractivity contribution in [3.63, 3.8) is 0 Å². The zero-order chi connectivity index (χ0) is 21.1. The Kier molecular flexibility index (Phi) is 7.16. The van der Waals surface area contributed by atoms with Gasteiger partial charge in [0.25, 0.3) is 0 Å². The summed E-state index contributed by atoms with van der Waals surface area (Å²) >= 11 is 0. The lowest BCUT2D eigenvalue weighted by Crippen LogP contribution is -2.36. The molecule has 2 unspecified atom stereocenters. The van der Waals surface area contributed by atoms with Crippen LogP contribution in [0.4, 0.5) is 0 Å². The molecule has 2 rings (SSSR count). The monoisotopic (exact) mass is 390 g/mol. The SMILES string of the molecule is CCCCCc1cc(O)c(C2C=C(C)CCC2C(C)(C)O)c(OC)c1C(=O)O. The van der Waals surface area contributed by atoms with Gasteiger partial charge in [-0.3, -0.25) is 0 Å². The van der Waals surface area contributed by atoms with E-state index in [-0.39, 0.29) is 28.9 Å². The van der Waals surface area contributed by atoms with Gasteiger partial charge in [0.05, 0.1) is 12.7 Å². The molecule has 0 heterocycles. The van der Waals surface area contributed by atoms with Crippen molar-refractivity contribution in [1.29, 1.82) is 0 Å². The number of aliphatic hydroxyl groups is 1. The maximum Gasteiger partial charge on any atom is 0.339 e. The van der Waals surface area contributed by atoms with Gasteiger partial charge in [0.2, 0.25) is 0 Å². The van der Waals surface area contributed by atoms with Gasteiger partial charge in [-0.1, -0.05) is 31.4 Å². The third-order valence-corrected chi connectivity index (χ3v) is 5.84. The number of carbonyl (C=O) groups is 1. The lowest BCUT2D eigenvalue weighted by molar-refractivity contribution is 0.00418. The highest BCUT2D eigenvalue weighted by atomic mass is 16.5. The fourth-order valence-electron chi connectivity index (χ4n) is 4.39. The Balaban J connectivity index is 2.67. The number of methoxy groups -OCH3 is 1. The first kappa shape index (κ1) is 22.3. The van der Waals surface area contributed by atoms with Crippen molar-refractivity contribution in [2.75, 3.05) is 7.11 Å². The van der Waals surface area contributed by atoms with Gasteiger partial charge in [0.1, 0.15) is 17.1 Å². The van der Waals surface area contributed by atoms with Gasteiger partial charge in [0.15, 0.2) is 0 Å². The van der Waals surface area contributed by atoms with Crippen LogP contribution in [-0.2, 0) is 6.42 Å². The first-order chi connectivity index (χ1) is 13.1.